The Hall–Kier alpha value is -0.610. The summed E-state index contributed by atoms with van der Waals surface area (Å²) in [7, 11) is 0. The van der Waals surface area contributed by atoms with Gasteiger partial charge in [-0.3, -0.25) is 0 Å². The number of rotatable bonds is 2. The molecule has 0 amide bonds. The Balaban J connectivity index is 1.92. The minimum atomic E-state index is -0.139. The van der Waals surface area contributed by atoms with Gasteiger partial charge in [0.25, 0.3) is 0 Å². The molecule has 1 aromatic heterocycles. The second kappa shape index (κ2) is 4.94. The molecule has 1 aliphatic carbocycles. The number of nitrogens with zero attached hydrogens (tertiary/aromatic N) is 1. The van der Waals surface area contributed by atoms with E-state index in [9.17, 15) is 5.11 Å². The molecule has 1 fully saturated rings. The zero-order valence-corrected chi connectivity index (χ0v) is 9.98. The molecule has 0 unspecified atom stereocenters. The largest absolute Gasteiger partial charge is 0.474 e. The van der Waals surface area contributed by atoms with Crippen molar-refractivity contribution in [1.82, 2.24) is 4.98 Å². The van der Waals surface area contributed by atoms with E-state index >= 15 is 0 Å². The summed E-state index contributed by atoms with van der Waals surface area (Å²) < 4.78 is 6.71. The second-order valence-corrected chi connectivity index (χ2v) is 4.78. The van der Waals surface area contributed by atoms with E-state index in [0.29, 0.717) is 5.88 Å². The average molecular weight is 272 g/mol. The van der Waals surface area contributed by atoms with Crippen molar-refractivity contribution >= 4 is 15.9 Å². The summed E-state index contributed by atoms with van der Waals surface area (Å²) in [4.78, 5) is 4.14. The van der Waals surface area contributed by atoms with Gasteiger partial charge < -0.3 is 9.84 Å². The molecule has 0 aromatic carbocycles. The molecule has 3 nitrogen and oxygen atoms in total. The van der Waals surface area contributed by atoms with Gasteiger partial charge in [-0.15, -0.1) is 0 Å². The zero-order chi connectivity index (χ0) is 10.7. The Labute approximate surface area is 97.6 Å². The molecule has 1 saturated carbocycles. The first kappa shape index (κ1) is 10.9. The zero-order valence-electron chi connectivity index (χ0n) is 8.40. The number of ether oxygens (including phenoxy) is 1. The molecule has 0 saturated heterocycles. The number of hydrogen-bond acceptors (Lipinski definition) is 3. The van der Waals surface area contributed by atoms with Crippen molar-refractivity contribution in [3.05, 3.63) is 22.8 Å². The third-order valence-electron chi connectivity index (χ3n) is 2.63. The lowest BCUT2D eigenvalue weighted by atomic mass is 9.95. The van der Waals surface area contributed by atoms with Crippen LogP contribution < -0.4 is 4.74 Å². The lowest BCUT2D eigenvalue weighted by Crippen LogP contribution is -2.26. The Kier molecular flexibility index (Phi) is 3.59. The van der Waals surface area contributed by atoms with Crippen molar-refractivity contribution in [2.45, 2.75) is 37.9 Å². The molecule has 2 rings (SSSR count). The highest BCUT2D eigenvalue weighted by Crippen LogP contribution is 2.23. The van der Waals surface area contributed by atoms with Gasteiger partial charge in [0.2, 0.25) is 5.88 Å². The van der Waals surface area contributed by atoms with Crippen LogP contribution in [-0.2, 0) is 0 Å². The highest BCUT2D eigenvalue weighted by atomic mass is 79.9. The molecule has 4 heteroatoms. The van der Waals surface area contributed by atoms with Gasteiger partial charge in [-0.1, -0.05) is 15.9 Å². The first-order chi connectivity index (χ1) is 7.24. The van der Waals surface area contributed by atoms with Crippen LogP contribution >= 0.6 is 15.9 Å². The smallest absolute Gasteiger partial charge is 0.214 e. The normalized spacial score (nSPS) is 26.3. The molecule has 0 spiro atoms. The molecular formula is C11H14BrNO2. The van der Waals surface area contributed by atoms with Gasteiger partial charge in [-0.2, -0.15) is 0 Å². The Morgan fingerprint density at radius 2 is 2.07 bits per heavy atom. The average Bonchev–Trinajstić information content (AvgIpc) is 2.22. The lowest BCUT2D eigenvalue weighted by Gasteiger charge is -2.25. The van der Waals surface area contributed by atoms with Gasteiger partial charge in [0, 0.05) is 16.7 Å². The molecular weight excluding hydrogens is 258 g/mol. The van der Waals surface area contributed by atoms with Crippen molar-refractivity contribution in [2.24, 2.45) is 0 Å². The van der Waals surface area contributed by atoms with Crippen molar-refractivity contribution in [3.8, 4) is 5.88 Å². The Morgan fingerprint density at radius 1 is 1.33 bits per heavy atom. The predicted molar refractivity (Wildman–Crippen MR) is 60.8 cm³/mol. The second-order valence-electron chi connectivity index (χ2n) is 3.86. The van der Waals surface area contributed by atoms with Crippen LogP contribution in [-0.4, -0.2) is 22.3 Å². The van der Waals surface area contributed by atoms with Gasteiger partial charge in [-0.05, 0) is 31.7 Å². The van der Waals surface area contributed by atoms with Gasteiger partial charge in [0.15, 0.2) is 0 Å². The van der Waals surface area contributed by atoms with Gasteiger partial charge in [0.1, 0.15) is 6.10 Å². The quantitative estimate of drug-likeness (QED) is 0.899. The monoisotopic (exact) mass is 271 g/mol. The maximum Gasteiger partial charge on any atom is 0.214 e. The van der Waals surface area contributed by atoms with Crippen LogP contribution in [0.15, 0.2) is 22.8 Å². The summed E-state index contributed by atoms with van der Waals surface area (Å²) >= 11 is 3.38. The van der Waals surface area contributed by atoms with E-state index in [1.807, 2.05) is 12.1 Å². The van der Waals surface area contributed by atoms with Crippen molar-refractivity contribution < 1.29 is 9.84 Å². The van der Waals surface area contributed by atoms with E-state index in [1.54, 1.807) is 6.20 Å². The maximum atomic E-state index is 9.36. The van der Waals surface area contributed by atoms with Crippen LogP contribution in [0, 0.1) is 0 Å². The van der Waals surface area contributed by atoms with Crippen LogP contribution in [0.4, 0.5) is 0 Å². The van der Waals surface area contributed by atoms with E-state index in [1.165, 1.54) is 0 Å². The molecule has 1 heterocycles. The van der Waals surface area contributed by atoms with Crippen molar-refractivity contribution in [1.29, 1.82) is 0 Å². The first-order valence-electron chi connectivity index (χ1n) is 5.20. The molecule has 0 aliphatic heterocycles. The topological polar surface area (TPSA) is 42.4 Å². The van der Waals surface area contributed by atoms with Crippen LogP contribution in [0.2, 0.25) is 0 Å². The molecule has 1 aromatic rings. The van der Waals surface area contributed by atoms with Crippen molar-refractivity contribution in [2.75, 3.05) is 0 Å². The summed E-state index contributed by atoms with van der Waals surface area (Å²) in [6, 6.07) is 3.74. The predicted octanol–water partition coefficient (Wildman–Crippen LogP) is 2.53. The van der Waals surface area contributed by atoms with E-state index in [2.05, 4.69) is 20.9 Å². The van der Waals surface area contributed by atoms with Crippen molar-refractivity contribution in [3.63, 3.8) is 0 Å². The summed E-state index contributed by atoms with van der Waals surface area (Å²) in [6.45, 7) is 0. The molecule has 82 valence electrons. The molecule has 15 heavy (non-hydrogen) atoms. The number of aromatic nitrogens is 1. The minimum absolute atomic E-state index is 0.139. The highest BCUT2D eigenvalue weighted by Gasteiger charge is 2.20. The fraction of sp³-hybridized carbons (Fsp3) is 0.545. The fourth-order valence-corrected chi connectivity index (χ4v) is 2.10. The maximum absolute atomic E-state index is 9.36. The number of aliphatic hydroxyl groups excluding tert-OH is 1. The van der Waals surface area contributed by atoms with Gasteiger partial charge in [0.05, 0.1) is 6.10 Å². The third kappa shape index (κ3) is 3.18. The molecule has 0 atom stereocenters. The van der Waals surface area contributed by atoms with E-state index in [0.717, 1.165) is 30.2 Å². The lowest BCUT2D eigenvalue weighted by molar-refractivity contribution is 0.0643. The molecule has 1 aliphatic rings. The first-order valence-corrected chi connectivity index (χ1v) is 5.99. The standard InChI is InChI=1S/C11H14BrNO2/c12-8-5-6-13-11(7-8)15-10-3-1-9(14)2-4-10/h5-7,9-10,14H,1-4H2. The molecule has 1 N–H and O–H groups in total. The van der Waals surface area contributed by atoms with Gasteiger partial charge >= 0.3 is 0 Å². The SMILES string of the molecule is OC1CCC(Oc2cc(Br)ccn2)CC1. The third-order valence-corrected chi connectivity index (χ3v) is 3.12. The van der Waals surface area contributed by atoms with Gasteiger partial charge in [-0.25, -0.2) is 4.98 Å². The molecule has 0 radical (unpaired) electrons. The van der Waals surface area contributed by atoms with Crippen LogP contribution in [0.3, 0.4) is 0 Å². The number of pyridine rings is 1. The minimum Gasteiger partial charge on any atom is -0.474 e. The van der Waals surface area contributed by atoms with E-state index in [-0.39, 0.29) is 12.2 Å². The van der Waals surface area contributed by atoms with E-state index in [4.69, 9.17) is 4.74 Å². The summed E-state index contributed by atoms with van der Waals surface area (Å²) in [5.74, 6) is 0.658. The van der Waals surface area contributed by atoms with Crippen LogP contribution in [0.5, 0.6) is 5.88 Å². The van der Waals surface area contributed by atoms with Crippen LogP contribution in [0.1, 0.15) is 25.7 Å². The fourth-order valence-electron chi connectivity index (χ4n) is 1.78. The van der Waals surface area contributed by atoms with Crippen LogP contribution in [0.25, 0.3) is 0 Å². The highest BCUT2D eigenvalue weighted by molar-refractivity contribution is 9.10. The number of halogens is 1. The Bertz CT molecular complexity index is 324. The summed E-state index contributed by atoms with van der Waals surface area (Å²) in [5, 5.41) is 9.36. The Morgan fingerprint density at radius 3 is 2.73 bits per heavy atom. The number of aliphatic hydroxyl groups is 1. The summed E-state index contributed by atoms with van der Waals surface area (Å²) in [5.41, 5.74) is 0. The molecule has 0 bridgehead atoms. The number of hydrogen-bond donors (Lipinski definition) is 1. The summed E-state index contributed by atoms with van der Waals surface area (Å²) in [6.07, 6.45) is 5.27. The van der Waals surface area contributed by atoms with E-state index < -0.39 is 0 Å².